The van der Waals surface area contributed by atoms with Crippen LogP contribution in [0.4, 0.5) is 0 Å². The van der Waals surface area contributed by atoms with Crippen LogP contribution in [-0.2, 0) is 24.2 Å². The Morgan fingerprint density at radius 1 is 1.21 bits per heavy atom. The lowest BCUT2D eigenvalue weighted by Gasteiger charge is -2.26. The van der Waals surface area contributed by atoms with Crippen LogP contribution in [0.2, 0.25) is 0 Å². The summed E-state index contributed by atoms with van der Waals surface area (Å²) in [6.07, 6.45) is 1.01. The zero-order chi connectivity index (χ0) is 20.5. The highest BCUT2D eigenvalue weighted by Gasteiger charge is 2.11. The van der Waals surface area contributed by atoms with Crippen LogP contribution in [0.1, 0.15) is 34.7 Å². The maximum Gasteiger partial charge on any atom is 0.191 e. The molecule has 0 spiro atoms. The second-order valence-corrected chi connectivity index (χ2v) is 9.04. The topological polar surface area (TPSA) is 48.9 Å². The summed E-state index contributed by atoms with van der Waals surface area (Å²) in [6, 6.07) is 13.5. The number of aliphatic imine (C=N–C) groups is 1. The third kappa shape index (κ3) is 7.46. The molecular weight excluding hydrogens is 380 g/mol. The smallest absolute Gasteiger partial charge is 0.191 e. The highest BCUT2D eigenvalue weighted by atomic mass is 32.1. The third-order valence-electron chi connectivity index (χ3n) is 4.95. The Bertz CT molecular complexity index is 783. The minimum absolute atomic E-state index is 0.332. The van der Waals surface area contributed by atoms with E-state index in [0.717, 1.165) is 51.8 Å². The molecule has 5 nitrogen and oxygen atoms in total. The summed E-state index contributed by atoms with van der Waals surface area (Å²) < 4.78 is 5.45. The first-order valence-corrected chi connectivity index (χ1v) is 11.4. The van der Waals surface area contributed by atoms with Crippen LogP contribution in [0, 0.1) is 6.92 Å². The van der Waals surface area contributed by atoms with Crippen molar-refractivity contribution in [2.24, 2.45) is 4.99 Å². The molecule has 1 aromatic heterocycles. The van der Waals surface area contributed by atoms with Gasteiger partial charge in [-0.2, -0.15) is 0 Å². The Hall–Kier alpha value is -1.89. The molecule has 1 aromatic carbocycles. The normalized spacial score (nSPS) is 16.6. The second kappa shape index (κ2) is 11.3. The summed E-state index contributed by atoms with van der Waals surface area (Å²) in [7, 11) is 0. The Morgan fingerprint density at radius 3 is 2.72 bits per heavy atom. The average Bonchev–Trinajstić information content (AvgIpc) is 3.12. The first-order valence-electron chi connectivity index (χ1n) is 10.6. The maximum atomic E-state index is 5.45. The van der Waals surface area contributed by atoms with E-state index in [1.54, 1.807) is 0 Å². The minimum atomic E-state index is 0.332. The lowest BCUT2D eigenvalue weighted by atomic mass is 10.1. The van der Waals surface area contributed by atoms with Crippen molar-refractivity contribution in [3.8, 4) is 0 Å². The van der Waals surface area contributed by atoms with E-state index in [2.05, 4.69) is 72.7 Å². The quantitative estimate of drug-likeness (QED) is 0.512. The molecule has 1 fully saturated rings. The van der Waals surface area contributed by atoms with Crippen LogP contribution in [-0.4, -0.2) is 49.7 Å². The number of hydrogen-bond acceptors (Lipinski definition) is 4. The first kappa shape index (κ1) is 21.8. The Balaban J connectivity index is 1.56. The molecule has 0 amide bonds. The average molecular weight is 415 g/mol. The molecule has 0 bridgehead atoms. The number of nitrogens with one attached hydrogen (secondary N) is 2. The Kier molecular flexibility index (Phi) is 8.52. The van der Waals surface area contributed by atoms with E-state index < -0.39 is 0 Å². The Labute approximate surface area is 179 Å². The lowest BCUT2D eigenvalue weighted by molar-refractivity contribution is 0.0342. The molecule has 0 aliphatic carbocycles. The summed E-state index contributed by atoms with van der Waals surface area (Å²) in [6.45, 7) is 12.7. The van der Waals surface area contributed by atoms with Crippen molar-refractivity contribution in [2.45, 2.75) is 46.3 Å². The summed E-state index contributed by atoms with van der Waals surface area (Å²) >= 11 is 1.87. The van der Waals surface area contributed by atoms with E-state index in [4.69, 9.17) is 9.73 Å². The number of hydrogen-bond donors (Lipinski definition) is 2. The highest BCUT2D eigenvalue weighted by Crippen LogP contribution is 2.16. The number of nitrogens with zero attached hydrogens (tertiary/aromatic N) is 2. The molecule has 0 saturated carbocycles. The van der Waals surface area contributed by atoms with Crippen molar-refractivity contribution in [1.29, 1.82) is 0 Å². The standard InChI is InChI=1S/C23H34N4OS/c1-4-24-23(26-18(2)14-22-9-8-19(3)29-22)25-16-20-6-5-7-21(15-20)17-27-10-12-28-13-11-27/h5-9,15,18H,4,10-14,16-17H2,1-3H3,(H2,24,25,26). The van der Waals surface area contributed by atoms with Crippen molar-refractivity contribution in [3.63, 3.8) is 0 Å². The third-order valence-corrected chi connectivity index (χ3v) is 5.97. The molecule has 2 heterocycles. The number of thiophene rings is 1. The van der Waals surface area contributed by atoms with Gasteiger partial charge in [-0.15, -0.1) is 11.3 Å². The van der Waals surface area contributed by atoms with Gasteiger partial charge in [0.2, 0.25) is 0 Å². The molecule has 1 saturated heterocycles. The van der Waals surface area contributed by atoms with Crippen molar-refractivity contribution in [2.75, 3.05) is 32.8 Å². The molecule has 0 radical (unpaired) electrons. The predicted molar refractivity (Wildman–Crippen MR) is 123 cm³/mol. The van der Waals surface area contributed by atoms with Crippen molar-refractivity contribution in [3.05, 3.63) is 57.3 Å². The monoisotopic (exact) mass is 414 g/mol. The van der Waals surface area contributed by atoms with Crippen molar-refractivity contribution in [1.82, 2.24) is 15.5 Å². The van der Waals surface area contributed by atoms with Crippen LogP contribution in [0.5, 0.6) is 0 Å². The highest BCUT2D eigenvalue weighted by molar-refractivity contribution is 7.11. The van der Waals surface area contributed by atoms with E-state index in [-0.39, 0.29) is 0 Å². The van der Waals surface area contributed by atoms with Gasteiger partial charge in [-0.1, -0.05) is 24.3 Å². The summed E-state index contributed by atoms with van der Waals surface area (Å²) in [5, 5.41) is 6.92. The number of morpholine rings is 1. The van der Waals surface area contributed by atoms with Crippen LogP contribution in [0.3, 0.4) is 0 Å². The molecule has 3 rings (SSSR count). The van der Waals surface area contributed by atoms with Crippen molar-refractivity contribution >= 4 is 17.3 Å². The van der Waals surface area contributed by atoms with E-state index in [0.29, 0.717) is 12.6 Å². The van der Waals surface area contributed by atoms with Gasteiger partial charge in [0, 0.05) is 48.4 Å². The van der Waals surface area contributed by atoms with Crippen LogP contribution in [0.25, 0.3) is 0 Å². The number of aryl methyl sites for hydroxylation is 1. The van der Waals surface area contributed by atoms with Gasteiger partial charge in [0.15, 0.2) is 5.96 Å². The fourth-order valence-electron chi connectivity index (χ4n) is 3.52. The molecule has 2 aromatic rings. The van der Waals surface area contributed by atoms with Gasteiger partial charge in [0.05, 0.1) is 19.8 Å². The molecule has 1 atom stereocenters. The first-order chi connectivity index (χ1) is 14.1. The van der Waals surface area contributed by atoms with E-state index in [1.807, 2.05) is 11.3 Å². The predicted octanol–water partition coefficient (Wildman–Crippen LogP) is 3.58. The number of benzene rings is 1. The number of rotatable bonds is 8. The molecule has 1 unspecified atom stereocenters. The van der Waals surface area contributed by atoms with Crippen LogP contribution < -0.4 is 10.6 Å². The second-order valence-electron chi connectivity index (χ2n) is 7.67. The zero-order valence-corrected chi connectivity index (χ0v) is 18.7. The molecule has 29 heavy (non-hydrogen) atoms. The molecule has 6 heteroatoms. The molecule has 2 N–H and O–H groups in total. The van der Waals surface area contributed by atoms with Crippen LogP contribution in [0.15, 0.2) is 41.4 Å². The van der Waals surface area contributed by atoms with E-state index in [9.17, 15) is 0 Å². The zero-order valence-electron chi connectivity index (χ0n) is 17.9. The summed E-state index contributed by atoms with van der Waals surface area (Å²) in [5.41, 5.74) is 2.59. The van der Waals surface area contributed by atoms with Gasteiger partial charge in [-0.05, 0) is 44.0 Å². The molecular formula is C23H34N4OS. The number of ether oxygens (including phenoxy) is 1. The number of guanidine groups is 1. The van der Waals surface area contributed by atoms with Gasteiger partial charge in [-0.25, -0.2) is 4.99 Å². The van der Waals surface area contributed by atoms with E-state index in [1.165, 1.54) is 20.9 Å². The molecule has 1 aliphatic rings. The lowest BCUT2D eigenvalue weighted by Crippen LogP contribution is -2.43. The Morgan fingerprint density at radius 2 is 2.00 bits per heavy atom. The summed E-state index contributed by atoms with van der Waals surface area (Å²) in [5.74, 6) is 0.881. The fraction of sp³-hybridized carbons (Fsp3) is 0.522. The van der Waals surface area contributed by atoms with Gasteiger partial charge in [0.1, 0.15) is 0 Å². The maximum absolute atomic E-state index is 5.45. The van der Waals surface area contributed by atoms with Crippen LogP contribution >= 0.6 is 11.3 Å². The van der Waals surface area contributed by atoms with Gasteiger partial charge >= 0.3 is 0 Å². The summed E-state index contributed by atoms with van der Waals surface area (Å²) in [4.78, 5) is 10.0. The van der Waals surface area contributed by atoms with E-state index >= 15 is 0 Å². The SMILES string of the molecule is CCNC(=NCc1cccc(CN2CCOCC2)c1)NC(C)Cc1ccc(C)s1. The van der Waals surface area contributed by atoms with Crippen molar-refractivity contribution < 1.29 is 4.74 Å². The molecule has 158 valence electrons. The minimum Gasteiger partial charge on any atom is -0.379 e. The fourth-order valence-corrected chi connectivity index (χ4v) is 4.53. The molecule has 1 aliphatic heterocycles. The van der Waals surface area contributed by atoms with Gasteiger partial charge in [0.25, 0.3) is 0 Å². The largest absolute Gasteiger partial charge is 0.379 e. The van der Waals surface area contributed by atoms with Gasteiger partial charge in [-0.3, -0.25) is 4.90 Å². The van der Waals surface area contributed by atoms with Gasteiger partial charge < -0.3 is 15.4 Å².